The molecule has 2 N–H and O–H groups in total. The van der Waals surface area contributed by atoms with Gasteiger partial charge in [-0.2, -0.15) is 0 Å². The van der Waals surface area contributed by atoms with Crippen molar-refractivity contribution in [1.29, 1.82) is 0 Å². The molecule has 1 saturated carbocycles. The number of hydrogen-bond acceptors (Lipinski definition) is 5. The Morgan fingerprint density at radius 1 is 1.12 bits per heavy atom. The van der Waals surface area contributed by atoms with Gasteiger partial charge in [-0.05, 0) is 25.0 Å². The number of hydrogen-bond donors (Lipinski definition) is 2. The molecule has 132 valence electrons. The minimum absolute atomic E-state index is 0.0479. The molecule has 0 spiro atoms. The molecule has 8 heteroatoms. The maximum absolute atomic E-state index is 13.0. The van der Waals surface area contributed by atoms with Gasteiger partial charge in [0.15, 0.2) is 0 Å². The van der Waals surface area contributed by atoms with E-state index in [1.807, 2.05) is 0 Å². The second kappa shape index (κ2) is 4.95. The lowest BCUT2D eigenvalue weighted by atomic mass is 10.0. The summed E-state index contributed by atoms with van der Waals surface area (Å²) in [4.78, 5) is 23.8. The predicted molar refractivity (Wildman–Crippen MR) is 92.9 cm³/mol. The quantitative estimate of drug-likeness (QED) is 0.542. The Labute approximate surface area is 146 Å². The van der Waals surface area contributed by atoms with E-state index in [2.05, 4.69) is 0 Å². The van der Waals surface area contributed by atoms with Crippen LogP contribution in [0.4, 0.5) is 5.69 Å². The number of fused-ring (bicyclic) bond motifs is 6. The number of non-ortho nitro benzene ring substituents is 1. The van der Waals surface area contributed by atoms with Crippen LogP contribution in [0.3, 0.4) is 0 Å². The summed E-state index contributed by atoms with van der Waals surface area (Å²) in [6, 6.07) is 9.24. The summed E-state index contributed by atoms with van der Waals surface area (Å²) in [5, 5.41) is 33.1. The summed E-state index contributed by atoms with van der Waals surface area (Å²) in [5.41, 5.74) is 0.458. The Balaban J connectivity index is 1.82. The Morgan fingerprint density at radius 2 is 1.85 bits per heavy atom. The molecular formula is C18H15N3O5. The second-order valence-corrected chi connectivity index (χ2v) is 6.91. The van der Waals surface area contributed by atoms with E-state index in [-0.39, 0.29) is 23.5 Å². The summed E-state index contributed by atoms with van der Waals surface area (Å²) < 4.78 is 2.67. The van der Waals surface area contributed by atoms with Crippen LogP contribution in [0.25, 0.3) is 16.5 Å². The highest BCUT2D eigenvalue weighted by Gasteiger charge is 2.47. The van der Waals surface area contributed by atoms with E-state index < -0.39 is 16.7 Å². The average molecular weight is 353 g/mol. The zero-order valence-corrected chi connectivity index (χ0v) is 13.6. The lowest BCUT2D eigenvalue weighted by Gasteiger charge is -2.18. The van der Waals surface area contributed by atoms with Crippen molar-refractivity contribution in [3.8, 4) is 11.6 Å². The van der Waals surface area contributed by atoms with E-state index in [1.165, 1.54) is 21.3 Å². The summed E-state index contributed by atoms with van der Waals surface area (Å²) in [6.07, 6.45) is 0.596. The van der Waals surface area contributed by atoms with Gasteiger partial charge < -0.3 is 10.2 Å². The van der Waals surface area contributed by atoms with Gasteiger partial charge in [0.25, 0.3) is 5.69 Å². The molecule has 3 aromatic rings. The van der Waals surface area contributed by atoms with Crippen molar-refractivity contribution in [3.05, 3.63) is 62.7 Å². The van der Waals surface area contributed by atoms with Gasteiger partial charge in [0, 0.05) is 17.4 Å². The maximum atomic E-state index is 13.0. The van der Waals surface area contributed by atoms with Crippen molar-refractivity contribution in [2.24, 2.45) is 0 Å². The standard InChI is InChI=1S/C18H15N3O5/c22-15-8-9-7-14(15)19-16(9)17(23)20(18(19)24)12-5-6-13(21(25)26)11-4-2-1-3-10(11)12/h1-6,9,14-15,22-23H,7-8H2. The van der Waals surface area contributed by atoms with E-state index in [1.54, 1.807) is 24.3 Å². The number of aromatic nitrogens is 2. The second-order valence-electron chi connectivity index (χ2n) is 6.91. The number of rotatable bonds is 2. The maximum Gasteiger partial charge on any atom is 0.336 e. The van der Waals surface area contributed by atoms with Crippen LogP contribution in [-0.2, 0) is 0 Å². The van der Waals surface area contributed by atoms with Crippen LogP contribution in [-0.4, -0.2) is 30.4 Å². The zero-order valence-electron chi connectivity index (χ0n) is 13.6. The van der Waals surface area contributed by atoms with E-state index in [4.69, 9.17) is 0 Å². The number of aliphatic hydroxyl groups excluding tert-OH is 1. The number of aliphatic hydroxyl groups is 1. The fourth-order valence-corrected chi connectivity index (χ4v) is 4.56. The molecule has 1 aromatic heterocycles. The molecular weight excluding hydrogens is 338 g/mol. The Kier molecular flexibility index (Phi) is 2.88. The normalized spacial score (nSPS) is 23.5. The number of aromatic hydroxyl groups is 1. The highest BCUT2D eigenvalue weighted by molar-refractivity contribution is 5.97. The molecule has 26 heavy (non-hydrogen) atoms. The van der Waals surface area contributed by atoms with Crippen molar-refractivity contribution < 1.29 is 15.1 Å². The van der Waals surface area contributed by atoms with Crippen LogP contribution in [0.2, 0.25) is 0 Å². The number of nitrogens with zero attached hydrogens (tertiary/aromatic N) is 3. The number of imidazole rings is 1. The number of nitro groups is 1. The predicted octanol–water partition coefficient (Wildman–Crippen LogP) is 2.20. The lowest BCUT2D eigenvalue weighted by molar-refractivity contribution is -0.383. The third-order valence-corrected chi connectivity index (χ3v) is 5.63. The molecule has 3 atom stereocenters. The van der Waals surface area contributed by atoms with Gasteiger partial charge in [-0.3, -0.25) is 14.7 Å². The third kappa shape index (κ3) is 1.74. The van der Waals surface area contributed by atoms with Gasteiger partial charge in [0.1, 0.15) is 0 Å². The van der Waals surface area contributed by atoms with Gasteiger partial charge in [0.05, 0.1) is 33.8 Å². The average Bonchev–Trinajstić information content (AvgIpc) is 3.25. The SMILES string of the molecule is O=c1n(-c2ccc([N+](=O)[O-])c3ccccc23)c(O)c2n1C1CC2CC1O. The topological polar surface area (TPSA) is 111 Å². The fraction of sp³-hybridized carbons (Fsp3) is 0.278. The van der Waals surface area contributed by atoms with Crippen molar-refractivity contribution in [2.75, 3.05) is 0 Å². The molecule has 2 heterocycles. The smallest absolute Gasteiger partial charge is 0.336 e. The molecule has 1 aliphatic carbocycles. The molecule has 2 aliphatic rings. The van der Waals surface area contributed by atoms with Crippen molar-refractivity contribution in [2.45, 2.75) is 30.9 Å². The molecule has 2 bridgehead atoms. The van der Waals surface area contributed by atoms with Crippen LogP contribution >= 0.6 is 0 Å². The minimum Gasteiger partial charge on any atom is -0.493 e. The molecule has 5 rings (SSSR count). The van der Waals surface area contributed by atoms with Crippen LogP contribution in [0.15, 0.2) is 41.2 Å². The highest BCUT2D eigenvalue weighted by Crippen LogP contribution is 2.51. The van der Waals surface area contributed by atoms with Crippen LogP contribution in [0, 0.1) is 10.1 Å². The van der Waals surface area contributed by atoms with Crippen LogP contribution in [0.5, 0.6) is 5.88 Å². The van der Waals surface area contributed by atoms with E-state index in [0.717, 1.165) is 0 Å². The minimum atomic E-state index is -0.589. The first-order chi connectivity index (χ1) is 12.5. The number of benzene rings is 2. The molecule has 0 amide bonds. The Morgan fingerprint density at radius 3 is 2.58 bits per heavy atom. The first kappa shape index (κ1) is 15.2. The van der Waals surface area contributed by atoms with Gasteiger partial charge in [-0.25, -0.2) is 9.36 Å². The van der Waals surface area contributed by atoms with Gasteiger partial charge in [-0.15, -0.1) is 0 Å². The molecule has 2 aromatic carbocycles. The molecule has 8 nitrogen and oxygen atoms in total. The summed E-state index contributed by atoms with van der Waals surface area (Å²) in [6.45, 7) is 0. The lowest BCUT2D eigenvalue weighted by Crippen LogP contribution is -2.31. The summed E-state index contributed by atoms with van der Waals surface area (Å²) >= 11 is 0. The van der Waals surface area contributed by atoms with Crippen molar-refractivity contribution in [3.63, 3.8) is 0 Å². The van der Waals surface area contributed by atoms with Gasteiger partial charge in [-0.1, -0.05) is 18.2 Å². The van der Waals surface area contributed by atoms with Crippen LogP contribution < -0.4 is 5.69 Å². The molecule has 1 aliphatic heterocycles. The zero-order chi connectivity index (χ0) is 18.2. The van der Waals surface area contributed by atoms with E-state index in [0.29, 0.717) is 35.0 Å². The van der Waals surface area contributed by atoms with Crippen molar-refractivity contribution in [1.82, 2.24) is 9.13 Å². The first-order valence-corrected chi connectivity index (χ1v) is 8.39. The van der Waals surface area contributed by atoms with Crippen LogP contribution in [0.1, 0.15) is 30.5 Å². The van der Waals surface area contributed by atoms with Gasteiger partial charge in [0.2, 0.25) is 5.88 Å². The van der Waals surface area contributed by atoms with Crippen molar-refractivity contribution >= 4 is 16.5 Å². The first-order valence-electron chi connectivity index (χ1n) is 8.39. The molecule has 0 saturated heterocycles. The third-order valence-electron chi connectivity index (χ3n) is 5.63. The van der Waals surface area contributed by atoms with Gasteiger partial charge >= 0.3 is 5.69 Å². The molecule has 1 fully saturated rings. The monoisotopic (exact) mass is 353 g/mol. The number of nitro benzene ring substituents is 1. The Bertz CT molecular complexity index is 1150. The summed E-state index contributed by atoms with van der Waals surface area (Å²) in [7, 11) is 0. The summed E-state index contributed by atoms with van der Waals surface area (Å²) in [5.74, 6) is -0.193. The van der Waals surface area contributed by atoms with E-state index in [9.17, 15) is 25.1 Å². The molecule has 0 radical (unpaired) electrons. The largest absolute Gasteiger partial charge is 0.493 e. The fourth-order valence-electron chi connectivity index (χ4n) is 4.56. The molecule has 3 unspecified atom stereocenters. The van der Waals surface area contributed by atoms with E-state index >= 15 is 0 Å². The Hall–Kier alpha value is -3.13. The highest BCUT2D eigenvalue weighted by atomic mass is 16.6.